The van der Waals surface area contributed by atoms with Crippen LogP contribution in [-0.2, 0) is 0 Å². The van der Waals surface area contributed by atoms with Crippen LogP contribution >= 0.6 is 11.6 Å². The molecule has 1 saturated carbocycles. The predicted molar refractivity (Wildman–Crippen MR) is 98.9 cm³/mol. The highest BCUT2D eigenvalue weighted by molar-refractivity contribution is 6.30. The van der Waals surface area contributed by atoms with Crippen molar-refractivity contribution in [1.29, 1.82) is 0 Å². The Morgan fingerprint density at radius 3 is 2.30 bits per heavy atom. The number of unbranched alkanes of at least 4 members (excludes halogenated alkanes) is 2. The Bertz CT molecular complexity index is 463. The van der Waals surface area contributed by atoms with Gasteiger partial charge >= 0.3 is 0 Å². The van der Waals surface area contributed by atoms with Crippen molar-refractivity contribution in [3.63, 3.8) is 0 Å². The summed E-state index contributed by atoms with van der Waals surface area (Å²) in [4.78, 5) is 2.31. The molecule has 1 N–H and O–H groups in total. The van der Waals surface area contributed by atoms with Crippen molar-refractivity contribution >= 4 is 11.6 Å². The van der Waals surface area contributed by atoms with Crippen LogP contribution in [0.4, 0.5) is 0 Å². The Hall–Kier alpha value is -0.570. The molecule has 0 bridgehead atoms. The van der Waals surface area contributed by atoms with Crippen LogP contribution in [0.2, 0.25) is 5.02 Å². The fourth-order valence-corrected chi connectivity index (χ4v) is 4.23. The first-order valence-electron chi connectivity index (χ1n) is 9.09. The van der Waals surface area contributed by atoms with E-state index in [-0.39, 0.29) is 0 Å². The van der Waals surface area contributed by atoms with Gasteiger partial charge in [-0.1, -0.05) is 49.9 Å². The van der Waals surface area contributed by atoms with Crippen molar-refractivity contribution in [1.82, 2.24) is 4.90 Å². The van der Waals surface area contributed by atoms with E-state index in [2.05, 4.69) is 38.1 Å². The van der Waals surface area contributed by atoms with Gasteiger partial charge in [0.2, 0.25) is 0 Å². The van der Waals surface area contributed by atoms with E-state index in [1.807, 2.05) is 12.1 Å². The van der Waals surface area contributed by atoms with Crippen LogP contribution in [0.5, 0.6) is 0 Å². The van der Waals surface area contributed by atoms with E-state index in [0.717, 1.165) is 43.5 Å². The molecule has 0 saturated heterocycles. The zero-order chi connectivity index (χ0) is 16.9. The normalized spacial score (nSPS) is 26.4. The van der Waals surface area contributed by atoms with Crippen LogP contribution < -0.4 is 0 Å². The molecule has 1 unspecified atom stereocenters. The lowest BCUT2D eigenvalue weighted by Crippen LogP contribution is -2.38. The molecule has 2 rings (SSSR count). The van der Waals surface area contributed by atoms with E-state index in [4.69, 9.17) is 11.6 Å². The molecule has 3 heteroatoms. The van der Waals surface area contributed by atoms with Crippen molar-refractivity contribution in [2.75, 3.05) is 14.1 Å². The first kappa shape index (κ1) is 18.8. The summed E-state index contributed by atoms with van der Waals surface area (Å²) in [6, 6.07) is 8.67. The standard InChI is InChI=1S/C20H32ClNO/c1-4-5-6-13-20(23)14-11-17(12-15-20)19(22(2)3)16-7-9-18(21)10-8-16/h7-10,17,19,23H,4-6,11-15H2,1-3H3. The first-order chi connectivity index (χ1) is 10.9. The summed E-state index contributed by atoms with van der Waals surface area (Å²) < 4.78 is 0. The minimum atomic E-state index is -0.414. The van der Waals surface area contributed by atoms with Gasteiger partial charge in [-0.2, -0.15) is 0 Å². The van der Waals surface area contributed by atoms with Gasteiger partial charge in [-0.25, -0.2) is 0 Å². The summed E-state index contributed by atoms with van der Waals surface area (Å²) in [7, 11) is 4.31. The monoisotopic (exact) mass is 337 g/mol. The largest absolute Gasteiger partial charge is 0.390 e. The molecular weight excluding hydrogens is 306 g/mol. The Labute approximate surface area is 146 Å². The molecular formula is C20H32ClNO. The smallest absolute Gasteiger partial charge is 0.0648 e. The lowest BCUT2D eigenvalue weighted by Gasteiger charge is -2.41. The molecule has 0 aromatic heterocycles. The molecule has 1 aliphatic carbocycles. The number of hydrogen-bond acceptors (Lipinski definition) is 2. The number of nitrogens with zero attached hydrogens (tertiary/aromatic N) is 1. The molecule has 1 aromatic rings. The quantitative estimate of drug-likeness (QED) is 0.669. The molecule has 130 valence electrons. The molecule has 1 aromatic carbocycles. The zero-order valence-electron chi connectivity index (χ0n) is 14.9. The highest BCUT2D eigenvalue weighted by atomic mass is 35.5. The molecule has 0 aliphatic heterocycles. The maximum Gasteiger partial charge on any atom is 0.0648 e. The third-order valence-corrected chi connectivity index (χ3v) is 5.67. The van der Waals surface area contributed by atoms with Crippen LogP contribution in [0.25, 0.3) is 0 Å². The maximum absolute atomic E-state index is 10.8. The molecule has 1 atom stereocenters. The second-order valence-electron chi connectivity index (χ2n) is 7.48. The molecule has 1 aliphatic rings. The van der Waals surface area contributed by atoms with Crippen molar-refractivity contribution in [3.8, 4) is 0 Å². The summed E-state index contributed by atoms with van der Waals surface area (Å²) in [5, 5.41) is 11.6. The summed E-state index contributed by atoms with van der Waals surface area (Å²) in [6.45, 7) is 2.22. The van der Waals surface area contributed by atoms with Gasteiger partial charge in [0, 0.05) is 11.1 Å². The van der Waals surface area contributed by atoms with Gasteiger partial charge in [-0.3, -0.25) is 0 Å². The van der Waals surface area contributed by atoms with Crippen molar-refractivity contribution < 1.29 is 5.11 Å². The molecule has 23 heavy (non-hydrogen) atoms. The van der Waals surface area contributed by atoms with Gasteiger partial charge in [-0.15, -0.1) is 0 Å². The van der Waals surface area contributed by atoms with E-state index < -0.39 is 5.60 Å². The maximum atomic E-state index is 10.8. The number of benzene rings is 1. The first-order valence-corrected chi connectivity index (χ1v) is 9.47. The van der Waals surface area contributed by atoms with E-state index >= 15 is 0 Å². The highest BCUT2D eigenvalue weighted by Crippen LogP contribution is 2.42. The number of hydrogen-bond donors (Lipinski definition) is 1. The topological polar surface area (TPSA) is 23.5 Å². The third kappa shape index (κ3) is 5.20. The molecule has 0 heterocycles. The average Bonchev–Trinajstić information content (AvgIpc) is 2.51. The van der Waals surface area contributed by atoms with Crippen molar-refractivity contribution in [2.24, 2.45) is 5.92 Å². The van der Waals surface area contributed by atoms with Gasteiger partial charge in [0.25, 0.3) is 0 Å². The van der Waals surface area contributed by atoms with E-state index in [9.17, 15) is 5.11 Å². The van der Waals surface area contributed by atoms with Crippen molar-refractivity contribution in [3.05, 3.63) is 34.9 Å². The Kier molecular flexibility index (Phi) is 6.94. The number of rotatable bonds is 7. The van der Waals surface area contributed by atoms with E-state index in [1.54, 1.807) is 0 Å². The van der Waals surface area contributed by atoms with Gasteiger partial charge in [-0.05, 0) is 69.8 Å². The fourth-order valence-electron chi connectivity index (χ4n) is 4.10. The summed E-state index contributed by atoms with van der Waals surface area (Å²) in [6.07, 6.45) is 8.68. The Morgan fingerprint density at radius 1 is 1.17 bits per heavy atom. The summed E-state index contributed by atoms with van der Waals surface area (Å²) >= 11 is 6.03. The third-order valence-electron chi connectivity index (χ3n) is 5.42. The van der Waals surface area contributed by atoms with Gasteiger partial charge < -0.3 is 10.0 Å². The molecule has 0 radical (unpaired) electrons. The second kappa shape index (κ2) is 8.50. The highest BCUT2D eigenvalue weighted by Gasteiger charge is 2.36. The molecule has 0 amide bonds. The minimum absolute atomic E-state index is 0.410. The van der Waals surface area contributed by atoms with Gasteiger partial charge in [0.1, 0.15) is 0 Å². The van der Waals surface area contributed by atoms with E-state index in [0.29, 0.717) is 12.0 Å². The molecule has 1 fully saturated rings. The fraction of sp³-hybridized carbons (Fsp3) is 0.700. The lowest BCUT2D eigenvalue weighted by molar-refractivity contribution is -0.0287. The average molecular weight is 338 g/mol. The van der Waals surface area contributed by atoms with E-state index in [1.165, 1.54) is 18.4 Å². The summed E-state index contributed by atoms with van der Waals surface area (Å²) in [5.41, 5.74) is 0.920. The van der Waals surface area contributed by atoms with Crippen molar-refractivity contribution in [2.45, 2.75) is 69.9 Å². The Balaban J connectivity index is 1.99. The summed E-state index contributed by atoms with van der Waals surface area (Å²) in [5.74, 6) is 0.609. The molecule has 0 spiro atoms. The Morgan fingerprint density at radius 2 is 1.78 bits per heavy atom. The van der Waals surface area contributed by atoms with Gasteiger partial charge in [0.05, 0.1) is 5.60 Å². The number of halogens is 1. The SMILES string of the molecule is CCCCCC1(O)CCC(C(c2ccc(Cl)cc2)N(C)C)CC1. The van der Waals surface area contributed by atoms with Crippen LogP contribution in [0, 0.1) is 5.92 Å². The number of aliphatic hydroxyl groups is 1. The van der Waals surface area contributed by atoms with Gasteiger partial charge in [0.15, 0.2) is 0 Å². The lowest BCUT2D eigenvalue weighted by atomic mass is 9.72. The zero-order valence-corrected chi connectivity index (χ0v) is 15.6. The molecule has 2 nitrogen and oxygen atoms in total. The predicted octanol–water partition coefficient (Wildman–Crippen LogP) is 5.44. The van der Waals surface area contributed by atoms with Crippen LogP contribution in [0.3, 0.4) is 0 Å². The van der Waals surface area contributed by atoms with Crippen LogP contribution in [0.1, 0.15) is 69.9 Å². The second-order valence-corrected chi connectivity index (χ2v) is 7.92. The van der Waals surface area contributed by atoms with Crippen LogP contribution in [-0.4, -0.2) is 29.7 Å². The van der Waals surface area contributed by atoms with Crippen LogP contribution in [0.15, 0.2) is 24.3 Å². The minimum Gasteiger partial charge on any atom is -0.390 e.